The zero-order valence-electron chi connectivity index (χ0n) is 13.3. The van der Waals surface area contributed by atoms with E-state index in [1.807, 2.05) is 24.3 Å². The summed E-state index contributed by atoms with van der Waals surface area (Å²) in [6.07, 6.45) is 2.23. The first-order valence-corrected chi connectivity index (χ1v) is 7.97. The fraction of sp³-hybridized carbons (Fsp3) is 0.294. The van der Waals surface area contributed by atoms with E-state index >= 15 is 0 Å². The van der Waals surface area contributed by atoms with Crippen molar-refractivity contribution in [2.75, 3.05) is 23.3 Å². The average molecular weight is 323 g/mol. The molecule has 1 saturated heterocycles. The number of benzene rings is 1. The molecule has 1 aliphatic rings. The summed E-state index contributed by atoms with van der Waals surface area (Å²) in [5, 5.41) is 6.59. The van der Waals surface area contributed by atoms with Crippen LogP contribution in [0.4, 0.5) is 11.6 Å². The lowest BCUT2D eigenvalue weighted by Gasteiger charge is -2.19. The molecule has 4 rings (SSSR count). The standard InChI is InChI=1S/C17H17N5O2/c1-11-10-14(21-24-11)17(23)20-15-16(22-8-4-5-9-22)19-13-7-3-2-6-12(13)18-15/h2-3,6-7,10H,4-5,8-9H2,1H3,(H,18,20,23). The number of hydrogen-bond acceptors (Lipinski definition) is 6. The first-order valence-electron chi connectivity index (χ1n) is 7.97. The summed E-state index contributed by atoms with van der Waals surface area (Å²) in [5.41, 5.74) is 1.79. The Bertz CT molecular complexity index is 899. The van der Waals surface area contributed by atoms with Crippen molar-refractivity contribution < 1.29 is 9.32 Å². The third-order valence-electron chi connectivity index (χ3n) is 4.05. The highest BCUT2D eigenvalue weighted by atomic mass is 16.5. The lowest BCUT2D eigenvalue weighted by molar-refractivity contribution is 0.101. The Kier molecular flexibility index (Phi) is 3.60. The molecule has 1 aromatic carbocycles. The molecule has 0 aliphatic carbocycles. The maximum atomic E-state index is 12.4. The van der Waals surface area contributed by atoms with Gasteiger partial charge in [0.05, 0.1) is 11.0 Å². The molecule has 0 unspecified atom stereocenters. The van der Waals surface area contributed by atoms with Crippen LogP contribution in [0.1, 0.15) is 29.1 Å². The largest absolute Gasteiger partial charge is 0.361 e. The van der Waals surface area contributed by atoms with Crippen LogP contribution in [-0.2, 0) is 0 Å². The molecule has 1 aliphatic heterocycles. The van der Waals surface area contributed by atoms with Gasteiger partial charge in [-0.2, -0.15) is 0 Å². The molecule has 122 valence electrons. The van der Waals surface area contributed by atoms with E-state index < -0.39 is 0 Å². The van der Waals surface area contributed by atoms with Crippen LogP contribution >= 0.6 is 0 Å². The minimum absolute atomic E-state index is 0.231. The van der Waals surface area contributed by atoms with Crippen LogP contribution in [0.25, 0.3) is 11.0 Å². The van der Waals surface area contributed by atoms with E-state index in [-0.39, 0.29) is 11.6 Å². The highest BCUT2D eigenvalue weighted by Crippen LogP contribution is 2.28. The number of aryl methyl sites for hydroxylation is 1. The molecule has 7 nitrogen and oxygen atoms in total. The lowest BCUT2D eigenvalue weighted by atomic mass is 10.3. The van der Waals surface area contributed by atoms with Gasteiger partial charge in [-0.05, 0) is 31.9 Å². The Hall–Kier alpha value is -2.96. The van der Waals surface area contributed by atoms with Gasteiger partial charge < -0.3 is 14.7 Å². The zero-order valence-corrected chi connectivity index (χ0v) is 13.3. The highest BCUT2D eigenvalue weighted by Gasteiger charge is 2.22. The monoisotopic (exact) mass is 323 g/mol. The molecule has 1 N–H and O–H groups in total. The van der Waals surface area contributed by atoms with Crippen LogP contribution < -0.4 is 10.2 Å². The maximum absolute atomic E-state index is 12.4. The molecular formula is C17H17N5O2. The molecule has 0 radical (unpaired) electrons. The quantitative estimate of drug-likeness (QED) is 0.798. The molecular weight excluding hydrogens is 306 g/mol. The molecule has 2 aromatic heterocycles. The Morgan fingerprint density at radius 3 is 2.54 bits per heavy atom. The topological polar surface area (TPSA) is 84.2 Å². The minimum atomic E-state index is -0.350. The second-order valence-corrected chi connectivity index (χ2v) is 5.86. The fourth-order valence-corrected chi connectivity index (χ4v) is 2.87. The number of rotatable bonds is 3. The predicted molar refractivity (Wildman–Crippen MR) is 90.2 cm³/mol. The van der Waals surface area contributed by atoms with E-state index in [0.29, 0.717) is 17.4 Å². The Labute approximate surface area is 138 Å². The predicted octanol–water partition coefficient (Wildman–Crippen LogP) is 2.78. The average Bonchev–Trinajstić information content (AvgIpc) is 3.26. The van der Waals surface area contributed by atoms with Gasteiger partial charge in [0, 0.05) is 19.2 Å². The highest BCUT2D eigenvalue weighted by molar-refractivity contribution is 6.04. The van der Waals surface area contributed by atoms with Gasteiger partial charge in [-0.25, -0.2) is 9.97 Å². The number of aromatic nitrogens is 3. The second kappa shape index (κ2) is 5.92. The number of fused-ring (bicyclic) bond motifs is 1. The fourth-order valence-electron chi connectivity index (χ4n) is 2.87. The molecule has 0 bridgehead atoms. The first kappa shape index (κ1) is 14.6. The van der Waals surface area contributed by atoms with Crippen LogP contribution in [0.3, 0.4) is 0 Å². The number of amides is 1. The number of carbonyl (C=O) groups excluding carboxylic acids is 1. The number of hydrogen-bond donors (Lipinski definition) is 1. The van der Waals surface area contributed by atoms with Gasteiger partial charge in [-0.1, -0.05) is 17.3 Å². The number of para-hydroxylation sites is 2. The van der Waals surface area contributed by atoms with Crippen molar-refractivity contribution in [1.82, 2.24) is 15.1 Å². The molecule has 0 atom stereocenters. The number of anilines is 2. The lowest BCUT2D eigenvalue weighted by Crippen LogP contribution is -2.23. The van der Waals surface area contributed by atoms with Crippen molar-refractivity contribution in [3.8, 4) is 0 Å². The molecule has 24 heavy (non-hydrogen) atoms. The summed E-state index contributed by atoms with van der Waals surface area (Å²) >= 11 is 0. The second-order valence-electron chi connectivity index (χ2n) is 5.86. The smallest absolute Gasteiger partial charge is 0.279 e. The van der Waals surface area contributed by atoms with Gasteiger partial charge in [-0.15, -0.1) is 0 Å². The van der Waals surface area contributed by atoms with Crippen molar-refractivity contribution in [1.29, 1.82) is 0 Å². The van der Waals surface area contributed by atoms with Gasteiger partial charge >= 0.3 is 0 Å². The molecule has 0 saturated carbocycles. The van der Waals surface area contributed by atoms with Crippen molar-refractivity contribution in [2.24, 2.45) is 0 Å². The number of nitrogens with zero attached hydrogens (tertiary/aromatic N) is 4. The summed E-state index contributed by atoms with van der Waals surface area (Å²) in [5.74, 6) is 1.41. The summed E-state index contributed by atoms with van der Waals surface area (Å²) in [7, 11) is 0. The molecule has 1 fully saturated rings. The van der Waals surface area contributed by atoms with Gasteiger partial charge in [0.2, 0.25) is 0 Å². The van der Waals surface area contributed by atoms with Crippen LogP contribution in [0.5, 0.6) is 0 Å². The number of nitrogens with one attached hydrogen (secondary N) is 1. The summed E-state index contributed by atoms with van der Waals surface area (Å²) < 4.78 is 4.97. The maximum Gasteiger partial charge on any atom is 0.279 e. The van der Waals surface area contributed by atoms with Gasteiger partial charge in [-0.3, -0.25) is 4.79 Å². The van der Waals surface area contributed by atoms with E-state index in [1.165, 1.54) is 0 Å². The summed E-state index contributed by atoms with van der Waals surface area (Å²) in [6.45, 7) is 3.58. The van der Waals surface area contributed by atoms with E-state index in [1.54, 1.807) is 13.0 Å². The van der Waals surface area contributed by atoms with E-state index in [9.17, 15) is 4.79 Å². The van der Waals surface area contributed by atoms with Gasteiger partial charge in [0.1, 0.15) is 5.76 Å². The summed E-state index contributed by atoms with van der Waals surface area (Å²) in [4.78, 5) is 23.9. The van der Waals surface area contributed by atoms with E-state index in [4.69, 9.17) is 9.51 Å². The SMILES string of the molecule is Cc1cc(C(=O)Nc2nc3ccccc3nc2N2CCCC2)no1. The molecule has 0 spiro atoms. The normalized spacial score (nSPS) is 14.3. The third kappa shape index (κ3) is 2.68. The van der Waals surface area contributed by atoms with Crippen LogP contribution in [0, 0.1) is 6.92 Å². The Balaban J connectivity index is 1.74. The number of carbonyl (C=O) groups is 1. The minimum Gasteiger partial charge on any atom is -0.361 e. The van der Waals surface area contributed by atoms with Crippen molar-refractivity contribution in [3.05, 3.63) is 41.8 Å². The van der Waals surface area contributed by atoms with E-state index in [0.717, 1.165) is 37.0 Å². The van der Waals surface area contributed by atoms with Gasteiger partial charge in [0.15, 0.2) is 17.3 Å². The third-order valence-corrected chi connectivity index (χ3v) is 4.05. The van der Waals surface area contributed by atoms with Gasteiger partial charge in [0.25, 0.3) is 5.91 Å². The van der Waals surface area contributed by atoms with Crippen molar-refractivity contribution in [2.45, 2.75) is 19.8 Å². The Morgan fingerprint density at radius 1 is 1.17 bits per heavy atom. The Morgan fingerprint density at radius 2 is 1.88 bits per heavy atom. The first-order chi connectivity index (χ1) is 11.7. The van der Waals surface area contributed by atoms with Crippen molar-refractivity contribution >= 4 is 28.6 Å². The molecule has 3 aromatic rings. The molecule has 1 amide bonds. The zero-order chi connectivity index (χ0) is 16.5. The summed E-state index contributed by atoms with van der Waals surface area (Å²) in [6, 6.07) is 9.24. The van der Waals surface area contributed by atoms with E-state index in [2.05, 4.69) is 20.4 Å². The molecule has 3 heterocycles. The van der Waals surface area contributed by atoms with Crippen LogP contribution in [0.15, 0.2) is 34.9 Å². The van der Waals surface area contributed by atoms with Crippen LogP contribution in [0.2, 0.25) is 0 Å². The molecule has 7 heteroatoms. The van der Waals surface area contributed by atoms with Crippen molar-refractivity contribution in [3.63, 3.8) is 0 Å². The van der Waals surface area contributed by atoms with Crippen LogP contribution in [-0.4, -0.2) is 34.1 Å².